The summed E-state index contributed by atoms with van der Waals surface area (Å²) < 4.78 is 53.0. The van der Waals surface area contributed by atoms with Crippen molar-refractivity contribution in [2.24, 2.45) is 5.92 Å². The zero-order valence-electron chi connectivity index (χ0n) is 25.4. The Morgan fingerprint density at radius 2 is 1.69 bits per heavy atom. The molecular weight excluding hydrogens is 543 g/mol. The van der Waals surface area contributed by atoms with Gasteiger partial charge in [0.2, 0.25) is 5.88 Å². The van der Waals surface area contributed by atoms with E-state index in [0.29, 0.717) is 60.5 Å². The van der Waals surface area contributed by atoms with Crippen molar-refractivity contribution in [1.29, 1.82) is 0 Å². The van der Waals surface area contributed by atoms with Crippen molar-refractivity contribution in [3.8, 4) is 5.88 Å². The number of hydrogen-bond donors (Lipinski definition) is 1. The standard InChI is InChI=1S/C31H42F3N7O/c1-19(2)40-12-10-22(11-13-40)31(33,34)25-9-7-8-23(27(25)32)20(3)35-28-24-18-26(41-16-14-39(5)15-17-41)30(42-6)38-29(24)37-21(4)36-28/h7-9,18-20,22H,10-17H2,1-6H3,(H,35,36,37,38)/t20-/m1/s1. The normalized spacial score (nSPS) is 18.6. The van der Waals surface area contributed by atoms with Crippen LogP contribution in [0.5, 0.6) is 5.88 Å². The summed E-state index contributed by atoms with van der Waals surface area (Å²) in [6.45, 7) is 12.3. The highest BCUT2D eigenvalue weighted by Gasteiger charge is 2.45. The SMILES string of the molecule is COc1nc2nc(C)nc(N[C@H](C)c3cccc(C(F)(F)C4CCN(C(C)C)CC4)c3F)c2cc1N1CCN(C)CC1. The predicted octanol–water partition coefficient (Wildman–Crippen LogP) is 5.62. The van der Waals surface area contributed by atoms with Gasteiger partial charge in [-0.3, -0.25) is 0 Å². The molecule has 0 amide bonds. The van der Waals surface area contributed by atoms with E-state index in [0.717, 1.165) is 31.9 Å². The number of likely N-dealkylation sites (tertiary alicyclic amines) is 1. The van der Waals surface area contributed by atoms with Gasteiger partial charge in [0.1, 0.15) is 23.1 Å². The second-order valence-corrected chi connectivity index (χ2v) is 11.9. The molecule has 1 aromatic carbocycles. The van der Waals surface area contributed by atoms with Crippen molar-refractivity contribution >= 4 is 22.5 Å². The van der Waals surface area contributed by atoms with Gasteiger partial charge in [-0.15, -0.1) is 0 Å². The van der Waals surface area contributed by atoms with Crippen molar-refractivity contribution in [2.75, 3.05) is 63.6 Å². The molecule has 0 unspecified atom stereocenters. The molecule has 0 bridgehead atoms. The molecule has 3 aromatic rings. The van der Waals surface area contributed by atoms with E-state index < -0.39 is 29.3 Å². The number of pyridine rings is 1. The Morgan fingerprint density at radius 1 is 1.00 bits per heavy atom. The Bertz CT molecular complexity index is 1400. The van der Waals surface area contributed by atoms with Crippen LogP contribution in [0.1, 0.15) is 56.6 Å². The van der Waals surface area contributed by atoms with E-state index in [1.54, 1.807) is 27.0 Å². The number of fused-ring (bicyclic) bond motifs is 1. The zero-order valence-corrected chi connectivity index (χ0v) is 25.4. The average molecular weight is 586 g/mol. The van der Waals surface area contributed by atoms with Crippen molar-refractivity contribution in [2.45, 2.75) is 58.5 Å². The Morgan fingerprint density at radius 3 is 2.33 bits per heavy atom. The first-order valence-corrected chi connectivity index (χ1v) is 14.8. The minimum Gasteiger partial charge on any atom is -0.479 e. The van der Waals surface area contributed by atoms with Crippen LogP contribution in [0.15, 0.2) is 24.3 Å². The molecule has 0 aliphatic carbocycles. The van der Waals surface area contributed by atoms with E-state index in [9.17, 15) is 0 Å². The minimum absolute atomic E-state index is 0.164. The summed E-state index contributed by atoms with van der Waals surface area (Å²) in [5, 5.41) is 3.94. The number of piperazine rings is 1. The lowest BCUT2D eigenvalue weighted by Crippen LogP contribution is -2.44. The number of hydrogen-bond acceptors (Lipinski definition) is 8. The zero-order chi connectivity index (χ0) is 30.2. The first-order chi connectivity index (χ1) is 20.0. The molecule has 2 saturated heterocycles. The monoisotopic (exact) mass is 585 g/mol. The van der Waals surface area contributed by atoms with Gasteiger partial charge in [0, 0.05) is 43.7 Å². The number of likely N-dealkylation sites (N-methyl/N-ethyl adjacent to an activating group) is 1. The highest BCUT2D eigenvalue weighted by atomic mass is 19.3. The smallest absolute Gasteiger partial charge is 0.278 e. The molecule has 0 radical (unpaired) electrons. The van der Waals surface area contributed by atoms with Crippen molar-refractivity contribution < 1.29 is 17.9 Å². The summed E-state index contributed by atoms with van der Waals surface area (Å²) in [6, 6.07) is 5.91. The predicted molar refractivity (Wildman–Crippen MR) is 160 cm³/mol. The first-order valence-electron chi connectivity index (χ1n) is 14.8. The number of rotatable bonds is 8. The number of aryl methyl sites for hydroxylation is 1. The van der Waals surface area contributed by atoms with E-state index >= 15 is 13.2 Å². The lowest BCUT2D eigenvalue weighted by Gasteiger charge is -2.38. The fourth-order valence-corrected chi connectivity index (χ4v) is 6.09. The summed E-state index contributed by atoms with van der Waals surface area (Å²) >= 11 is 0. The number of methoxy groups -OCH3 is 1. The van der Waals surface area contributed by atoms with Crippen LogP contribution in [0.25, 0.3) is 11.0 Å². The molecule has 0 spiro atoms. The molecule has 42 heavy (non-hydrogen) atoms. The lowest BCUT2D eigenvalue weighted by molar-refractivity contribution is -0.0900. The molecule has 1 atom stereocenters. The summed E-state index contributed by atoms with van der Waals surface area (Å²) in [4.78, 5) is 20.5. The molecule has 4 heterocycles. The number of anilines is 2. The molecule has 2 fully saturated rings. The molecule has 2 aliphatic rings. The Balaban J connectivity index is 1.44. The van der Waals surface area contributed by atoms with Gasteiger partial charge in [-0.2, -0.15) is 4.98 Å². The number of nitrogens with zero attached hydrogens (tertiary/aromatic N) is 6. The number of alkyl halides is 2. The maximum Gasteiger partial charge on any atom is 0.278 e. The van der Waals surface area contributed by atoms with Crippen molar-refractivity contribution in [3.63, 3.8) is 0 Å². The molecular formula is C31H42F3N7O. The van der Waals surface area contributed by atoms with Gasteiger partial charge >= 0.3 is 0 Å². The molecule has 5 rings (SSSR count). The van der Waals surface area contributed by atoms with Gasteiger partial charge in [0.05, 0.1) is 24.1 Å². The molecule has 11 heteroatoms. The summed E-state index contributed by atoms with van der Waals surface area (Å²) in [7, 11) is 3.68. The van der Waals surface area contributed by atoms with Crippen LogP contribution in [0.3, 0.4) is 0 Å². The van der Waals surface area contributed by atoms with E-state index in [-0.39, 0.29) is 5.56 Å². The van der Waals surface area contributed by atoms with Crippen LogP contribution in [-0.2, 0) is 5.92 Å². The summed E-state index contributed by atoms with van der Waals surface area (Å²) in [5.74, 6) is -3.62. The van der Waals surface area contributed by atoms with Crippen molar-refractivity contribution in [1.82, 2.24) is 24.8 Å². The minimum atomic E-state index is -3.26. The Kier molecular flexibility index (Phi) is 8.80. The highest BCUT2D eigenvalue weighted by molar-refractivity contribution is 5.90. The summed E-state index contributed by atoms with van der Waals surface area (Å²) in [5.41, 5.74) is 0.902. The average Bonchev–Trinajstić information content (AvgIpc) is 2.97. The summed E-state index contributed by atoms with van der Waals surface area (Å²) in [6.07, 6.45) is 0.669. The fraction of sp³-hybridized carbons (Fsp3) is 0.581. The van der Waals surface area contributed by atoms with Gasteiger partial charge in [0.15, 0.2) is 5.65 Å². The van der Waals surface area contributed by atoms with E-state index in [1.807, 2.05) is 6.07 Å². The number of aromatic nitrogens is 3. The van der Waals surface area contributed by atoms with Crippen LogP contribution in [-0.4, -0.2) is 84.2 Å². The molecule has 8 nitrogen and oxygen atoms in total. The topological polar surface area (TPSA) is 69.7 Å². The molecule has 0 saturated carbocycles. The number of benzene rings is 1. The van der Waals surface area contributed by atoms with Gasteiger partial charge < -0.3 is 24.8 Å². The molecule has 1 N–H and O–H groups in total. The number of ether oxygens (including phenoxy) is 1. The third-order valence-corrected chi connectivity index (χ3v) is 8.76. The quantitative estimate of drug-likeness (QED) is 0.366. The molecule has 2 aliphatic heterocycles. The van der Waals surface area contributed by atoms with Crippen LogP contribution in [0.4, 0.5) is 24.7 Å². The van der Waals surface area contributed by atoms with E-state index in [1.165, 1.54) is 12.1 Å². The van der Waals surface area contributed by atoms with E-state index in [4.69, 9.17) is 4.74 Å². The maximum atomic E-state index is 15.9. The van der Waals surface area contributed by atoms with Gasteiger partial charge in [0.25, 0.3) is 5.92 Å². The maximum absolute atomic E-state index is 15.9. The van der Waals surface area contributed by atoms with Crippen LogP contribution < -0.4 is 15.0 Å². The van der Waals surface area contributed by atoms with Crippen LogP contribution in [0, 0.1) is 18.7 Å². The lowest BCUT2D eigenvalue weighted by atomic mass is 9.85. The Hall–Kier alpha value is -3.18. The number of nitrogens with one attached hydrogen (secondary N) is 1. The third kappa shape index (κ3) is 5.99. The fourth-order valence-electron chi connectivity index (χ4n) is 6.09. The highest BCUT2D eigenvalue weighted by Crippen LogP contribution is 2.44. The van der Waals surface area contributed by atoms with Gasteiger partial charge in [-0.25, -0.2) is 23.1 Å². The first kappa shape index (κ1) is 30.3. The van der Waals surface area contributed by atoms with Crippen LogP contribution >= 0.6 is 0 Å². The van der Waals surface area contributed by atoms with Gasteiger partial charge in [-0.1, -0.05) is 18.2 Å². The number of piperidine rings is 1. The largest absolute Gasteiger partial charge is 0.479 e. The third-order valence-electron chi connectivity index (χ3n) is 8.76. The molecule has 228 valence electrons. The molecule has 2 aromatic heterocycles. The van der Waals surface area contributed by atoms with Gasteiger partial charge in [-0.05, 0) is 66.7 Å². The van der Waals surface area contributed by atoms with Crippen LogP contribution in [0.2, 0.25) is 0 Å². The second kappa shape index (κ2) is 12.2. The van der Waals surface area contributed by atoms with Crippen molar-refractivity contribution in [3.05, 3.63) is 47.0 Å². The van der Waals surface area contributed by atoms with E-state index in [2.05, 4.69) is 55.9 Å². The number of halogens is 3. The second-order valence-electron chi connectivity index (χ2n) is 11.9. The Labute approximate surface area is 246 Å².